The van der Waals surface area contributed by atoms with Gasteiger partial charge in [0, 0.05) is 0 Å². The topological polar surface area (TPSA) is 101 Å². The smallest absolute Gasteiger partial charge is 0.246 e. The van der Waals surface area contributed by atoms with Crippen LogP contribution >= 0.6 is 0 Å². The highest BCUT2D eigenvalue weighted by Crippen LogP contribution is 2.16. The molecule has 0 aromatic rings. The van der Waals surface area contributed by atoms with Gasteiger partial charge < -0.3 is 25.5 Å². The summed E-state index contributed by atoms with van der Waals surface area (Å²) in [6, 6.07) is 0. The van der Waals surface area contributed by atoms with E-state index in [1.165, 1.54) is 0 Å². The molecule has 0 fully saturated rings. The van der Waals surface area contributed by atoms with Gasteiger partial charge in [0.2, 0.25) is 11.6 Å². The molecular formula is C5H10O5. The third kappa shape index (κ3) is 1.53. The summed E-state index contributed by atoms with van der Waals surface area (Å²) in [6.45, 7) is 1.73. The van der Waals surface area contributed by atoms with Crippen LogP contribution in [0.3, 0.4) is 0 Å². The molecule has 5 nitrogen and oxygen atoms in total. The molecule has 0 aromatic heterocycles. The zero-order valence-corrected chi connectivity index (χ0v) is 5.23. The van der Waals surface area contributed by atoms with Gasteiger partial charge in [-0.3, -0.25) is 0 Å². The summed E-state index contributed by atoms with van der Waals surface area (Å²) in [5.41, 5.74) is 0. The lowest BCUT2D eigenvalue weighted by Gasteiger charge is -2.30. The molecule has 5 heteroatoms. The Labute approximate surface area is 57.5 Å². The van der Waals surface area contributed by atoms with Crippen molar-refractivity contribution in [3.63, 3.8) is 0 Å². The molecule has 60 valence electrons. The van der Waals surface area contributed by atoms with Gasteiger partial charge in [-0.1, -0.05) is 6.58 Å². The van der Waals surface area contributed by atoms with E-state index in [1.54, 1.807) is 0 Å². The van der Waals surface area contributed by atoms with E-state index in [2.05, 4.69) is 6.58 Å². The third-order valence-electron chi connectivity index (χ3n) is 1.09. The van der Waals surface area contributed by atoms with Gasteiger partial charge in [0.25, 0.3) is 0 Å². The van der Waals surface area contributed by atoms with Gasteiger partial charge in [0.1, 0.15) is 6.61 Å². The number of hydrogen-bond acceptors (Lipinski definition) is 5. The predicted octanol–water partition coefficient (Wildman–Crippen LogP) is -2.47. The van der Waals surface area contributed by atoms with Crippen LogP contribution in [0.4, 0.5) is 0 Å². The molecule has 0 heterocycles. The highest BCUT2D eigenvalue weighted by Gasteiger charge is 2.44. The fourth-order valence-electron chi connectivity index (χ4n) is 0.280. The summed E-state index contributed by atoms with van der Waals surface area (Å²) < 4.78 is 0. The van der Waals surface area contributed by atoms with Gasteiger partial charge in [0.05, 0.1) is 0 Å². The summed E-state index contributed by atoms with van der Waals surface area (Å²) in [5.74, 6) is -5.85. The van der Waals surface area contributed by atoms with Crippen molar-refractivity contribution in [1.29, 1.82) is 0 Å². The molecule has 0 amide bonds. The quantitative estimate of drug-likeness (QED) is 0.226. The van der Waals surface area contributed by atoms with Gasteiger partial charge >= 0.3 is 0 Å². The standard InChI is InChI=1S/C5H10O5/c1-2-4(7,8)5(9,10)3-6/h2,6-10H,1,3H2. The maximum atomic E-state index is 8.63. The maximum Gasteiger partial charge on any atom is 0.246 e. The highest BCUT2D eigenvalue weighted by atomic mass is 16.6. The van der Waals surface area contributed by atoms with E-state index in [4.69, 9.17) is 25.5 Å². The molecule has 0 unspecified atom stereocenters. The van der Waals surface area contributed by atoms with Gasteiger partial charge in [-0.25, -0.2) is 0 Å². The fraction of sp³-hybridized carbons (Fsp3) is 0.600. The lowest BCUT2D eigenvalue weighted by atomic mass is 10.1. The van der Waals surface area contributed by atoms with E-state index in [1.807, 2.05) is 0 Å². The Hall–Kier alpha value is -0.460. The Bertz CT molecular complexity index is 128. The Morgan fingerprint density at radius 1 is 1.20 bits per heavy atom. The van der Waals surface area contributed by atoms with E-state index in [9.17, 15) is 0 Å². The molecular weight excluding hydrogens is 140 g/mol. The summed E-state index contributed by atoms with van der Waals surface area (Å²) in [7, 11) is 0. The molecule has 0 spiro atoms. The van der Waals surface area contributed by atoms with E-state index in [0.29, 0.717) is 6.08 Å². The summed E-state index contributed by atoms with van der Waals surface area (Å²) >= 11 is 0. The van der Waals surface area contributed by atoms with Crippen LogP contribution in [0, 0.1) is 0 Å². The van der Waals surface area contributed by atoms with Crippen LogP contribution in [-0.4, -0.2) is 43.7 Å². The Balaban J connectivity index is 4.43. The third-order valence-corrected chi connectivity index (χ3v) is 1.09. The first-order valence-electron chi connectivity index (χ1n) is 2.51. The second-order valence-corrected chi connectivity index (χ2v) is 1.90. The molecule has 0 bridgehead atoms. The Morgan fingerprint density at radius 3 is 1.70 bits per heavy atom. The van der Waals surface area contributed by atoms with Gasteiger partial charge in [0.15, 0.2) is 0 Å². The van der Waals surface area contributed by atoms with Crippen LogP contribution in [0.25, 0.3) is 0 Å². The van der Waals surface area contributed by atoms with Crippen molar-refractivity contribution < 1.29 is 25.5 Å². The highest BCUT2D eigenvalue weighted by molar-refractivity contribution is 4.95. The minimum atomic E-state index is -2.96. The van der Waals surface area contributed by atoms with Crippen LogP contribution in [0.15, 0.2) is 12.7 Å². The van der Waals surface area contributed by atoms with Crippen molar-refractivity contribution in [2.45, 2.75) is 11.6 Å². The van der Waals surface area contributed by atoms with E-state index < -0.39 is 18.2 Å². The predicted molar refractivity (Wildman–Crippen MR) is 31.6 cm³/mol. The number of hydrogen-bond donors (Lipinski definition) is 5. The molecule has 0 aliphatic rings. The minimum absolute atomic E-state index is 0.503. The second-order valence-electron chi connectivity index (χ2n) is 1.90. The fourth-order valence-corrected chi connectivity index (χ4v) is 0.280. The van der Waals surface area contributed by atoms with Gasteiger partial charge in [-0.15, -0.1) is 0 Å². The lowest BCUT2D eigenvalue weighted by Crippen LogP contribution is -2.55. The molecule has 0 rings (SSSR count). The van der Waals surface area contributed by atoms with E-state index in [0.717, 1.165) is 0 Å². The van der Waals surface area contributed by atoms with E-state index in [-0.39, 0.29) is 0 Å². The van der Waals surface area contributed by atoms with Crippen molar-refractivity contribution in [1.82, 2.24) is 0 Å². The molecule has 0 saturated heterocycles. The van der Waals surface area contributed by atoms with Crippen molar-refractivity contribution in [2.24, 2.45) is 0 Å². The van der Waals surface area contributed by atoms with Crippen LogP contribution in [0.5, 0.6) is 0 Å². The van der Waals surface area contributed by atoms with Crippen LogP contribution in [0.1, 0.15) is 0 Å². The Kier molecular flexibility index (Phi) is 2.53. The molecule has 0 saturated carbocycles. The normalized spacial score (nSPS) is 13.3. The average Bonchev–Trinajstić information content (AvgIpc) is 1.88. The maximum absolute atomic E-state index is 8.63. The van der Waals surface area contributed by atoms with Crippen LogP contribution in [0.2, 0.25) is 0 Å². The number of aliphatic hydroxyl groups is 5. The molecule has 5 N–H and O–H groups in total. The summed E-state index contributed by atoms with van der Waals surface area (Å²) in [5, 5.41) is 42.6. The Morgan fingerprint density at radius 2 is 1.60 bits per heavy atom. The first-order valence-corrected chi connectivity index (χ1v) is 2.51. The van der Waals surface area contributed by atoms with Gasteiger partial charge in [-0.2, -0.15) is 0 Å². The average molecular weight is 150 g/mol. The van der Waals surface area contributed by atoms with Gasteiger partial charge in [-0.05, 0) is 6.08 Å². The number of rotatable bonds is 3. The first kappa shape index (κ1) is 9.54. The zero-order valence-electron chi connectivity index (χ0n) is 5.23. The number of aliphatic hydroxyl groups excluding tert-OH is 1. The molecule has 10 heavy (non-hydrogen) atoms. The second kappa shape index (κ2) is 2.65. The molecule has 0 aliphatic carbocycles. The summed E-state index contributed by atoms with van der Waals surface area (Å²) in [4.78, 5) is 0. The van der Waals surface area contributed by atoms with E-state index >= 15 is 0 Å². The lowest BCUT2D eigenvalue weighted by molar-refractivity contribution is -0.343. The largest absolute Gasteiger partial charge is 0.391 e. The molecule has 0 aromatic carbocycles. The summed E-state index contributed by atoms with van der Waals surface area (Å²) in [6.07, 6.45) is 0.503. The van der Waals surface area contributed by atoms with Crippen molar-refractivity contribution >= 4 is 0 Å². The van der Waals surface area contributed by atoms with Crippen molar-refractivity contribution in [3.05, 3.63) is 12.7 Å². The molecule has 0 atom stereocenters. The molecule has 0 radical (unpaired) electrons. The SMILES string of the molecule is C=CC(O)(O)C(O)(O)CO. The zero-order chi connectivity index (χ0) is 8.41. The molecule has 0 aliphatic heterocycles. The van der Waals surface area contributed by atoms with Crippen molar-refractivity contribution in [3.8, 4) is 0 Å². The monoisotopic (exact) mass is 150 g/mol. The first-order chi connectivity index (χ1) is 4.37. The van der Waals surface area contributed by atoms with Crippen LogP contribution in [-0.2, 0) is 0 Å². The minimum Gasteiger partial charge on any atom is -0.391 e. The van der Waals surface area contributed by atoms with Crippen LogP contribution < -0.4 is 0 Å². The van der Waals surface area contributed by atoms with Crippen molar-refractivity contribution in [2.75, 3.05) is 6.61 Å².